The SMILES string of the molecule is CC(C)[C@H](N)C(=O)N[C@H](C(=O)N[C@H](C(=O)O)C(C)C)C(C)C. The summed E-state index contributed by atoms with van der Waals surface area (Å²) in [5, 5.41) is 14.2. The first-order chi connectivity index (χ1) is 9.98. The van der Waals surface area contributed by atoms with Gasteiger partial charge in [-0.05, 0) is 17.8 Å². The molecule has 0 saturated heterocycles. The molecule has 0 rings (SSSR count). The molecule has 2 amide bonds. The van der Waals surface area contributed by atoms with Crippen LogP contribution in [0.3, 0.4) is 0 Å². The molecule has 0 radical (unpaired) electrons. The third-order valence-corrected chi connectivity index (χ3v) is 3.50. The van der Waals surface area contributed by atoms with Crippen molar-refractivity contribution in [2.75, 3.05) is 0 Å². The maximum Gasteiger partial charge on any atom is 0.326 e. The summed E-state index contributed by atoms with van der Waals surface area (Å²) < 4.78 is 0. The lowest BCUT2D eigenvalue weighted by molar-refractivity contribution is -0.143. The molecule has 22 heavy (non-hydrogen) atoms. The van der Waals surface area contributed by atoms with Gasteiger partial charge in [0.2, 0.25) is 11.8 Å². The van der Waals surface area contributed by atoms with E-state index >= 15 is 0 Å². The molecule has 3 atom stereocenters. The molecule has 0 saturated carbocycles. The normalized spacial score (nSPS) is 15.5. The number of nitrogens with one attached hydrogen (secondary N) is 2. The Morgan fingerprint density at radius 1 is 0.773 bits per heavy atom. The van der Waals surface area contributed by atoms with Crippen LogP contribution in [0.1, 0.15) is 41.5 Å². The van der Waals surface area contributed by atoms with Crippen LogP contribution in [-0.2, 0) is 14.4 Å². The van der Waals surface area contributed by atoms with Crippen LogP contribution in [-0.4, -0.2) is 41.0 Å². The number of carboxylic acid groups (broad SMARTS) is 1. The van der Waals surface area contributed by atoms with Gasteiger partial charge in [0, 0.05) is 0 Å². The Morgan fingerprint density at radius 3 is 1.50 bits per heavy atom. The van der Waals surface area contributed by atoms with Crippen LogP contribution in [0.15, 0.2) is 0 Å². The highest BCUT2D eigenvalue weighted by Gasteiger charge is 2.31. The fourth-order valence-corrected chi connectivity index (χ4v) is 1.84. The number of carbonyl (C=O) groups excluding carboxylic acids is 2. The second-order valence-electron chi connectivity index (χ2n) is 6.57. The molecule has 0 aliphatic rings. The Balaban J connectivity index is 4.99. The number of hydrogen-bond donors (Lipinski definition) is 4. The summed E-state index contributed by atoms with van der Waals surface area (Å²) in [4.78, 5) is 35.5. The summed E-state index contributed by atoms with van der Waals surface area (Å²) >= 11 is 0. The second kappa shape index (κ2) is 8.73. The van der Waals surface area contributed by atoms with Crippen molar-refractivity contribution in [3.63, 3.8) is 0 Å². The van der Waals surface area contributed by atoms with Gasteiger partial charge in [-0.3, -0.25) is 9.59 Å². The van der Waals surface area contributed by atoms with Gasteiger partial charge in [0.15, 0.2) is 0 Å². The van der Waals surface area contributed by atoms with Crippen molar-refractivity contribution in [3.05, 3.63) is 0 Å². The van der Waals surface area contributed by atoms with Crippen LogP contribution in [0.5, 0.6) is 0 Å². The van der Waals surface area contributed by atoms with Crippen molar-refractivity contribution in [1.29, 1.82) is 0 Å². The monoisotopic (exact) mass is 315 g/mol. The van der Waals surface area contributed by atoms with E-state index < -0.39 is 35.9 Å². The standard InChI is InChI=1S/C15H29N3O4/c1-7(2)10(16)13(19)17-11(8(3)4)14(20)18-12(9(5)6)15(21)22/h7-12H,16H2,1-6H3,(H,17,19)(H,18,20)(H,21,22)/t10-,11-,12-/m0/s1. The molecule has 0 fully saturated rings. The van der Waals surface area contributed by atoms with Crippen molar-refractivity contribution in [3.8, 4) is 0 Å². The number of rotatable bonds is 8. The molecule has 7 heteroatoms. The second-order valence-corrected chi connectivity index (χ2v) is 6.57. The highest BCUT2D eigenvalue weighted by atomic mass is 16.4. The molecule has 0 spiro atoms. The smallest absolute Gasteiger partial charge is 0.326 e. The zero-order chi connectivity index (χ0) is 17.6. The lowest BCUT2D eigenvalue weighted by Crippen LogP contribution is -2.57. The van der Waals surface area contributed by atoms with Gasteiger partial charge in [-0.15, -0.1) is 0 Å². The minimum Gasteiger partial charge on any atom is -0.480 e. The van der Waals surface area contributed by atoms with Crippen molar-refractivity contribution in [2.45, 2.75) is 59.7 Å². The molecule has 0 aliphatic carbocycles. The fraction of sp³-hybridized carbons (Fsp3) is 0.800. The van der Waals surface area contributed by atoms with Crippen LogP contribution in [0, 0.1) is 17.8 Å². The lowest BCUT2D eigenvalue weighted by Gasteiger charge is -2.27. The number of carbonyl (C=O) groups is 3. The van der Waals surface area contributed by atoms with Crippen molar-refractivity contribution in [2.24, 2.45) is 23.5 Å². The number of nitrogens with two attached hydrogens (primary N) is 1. The predicted octanol–water partition coefficient (Wildman–Crippen LogP) is 0.336. The van der Waals surface area contributed by atoms with Crippen molar-refractivity contribution >= 4 is 17.8 Å². The van der Waals surface area contributed by atoms with E-state index in [2.05, 4.69) is 10.6 Å². The maximum absolute atomic E-state index is 12.3. The molecule has 128 valence electrons. The van der Waals surface area contributed by atoms with Gasteiger partial charge in [0.05, 0.1) is 6.04 Å². The van der Waals surface area contributed by atoms with Crippen LogP contribution < -0.4 is 16.4 Å². The molecular formula is C15H29N3O4. The minimum absolute atomic E-state index is 0.0571. The first-order valence-corrected chi connectivity index (χ1v) is 7.58. The largest absolute Gasteiger partial charge is 0.480 e. The fourth-order valence-electron chi connectivity index (χ4n) is 1.84. The average Bonchev–Trinajstić information content (AvgIpc) is 2.39. The third-order valence-electron chi connectivity index (χ3n) is 3.50. The van der Waals surface area contributed by atoms with Crippen LogP contribution >= 0.6 is 0 Å². The van der Waals surface area contributed by atoms with E-state index in [1.165, 1.54) is 0 Å². The van der Waals surface area contributed by atoms with Gasteiger partial charge in [-0.25, -0.2) is 4.79 Å². The summed E-state index contributed by atoms with van der Waals surface area (Å²) in [5.74, 6) is -2.54. The van der Waals surface area contributed by atoms with E-state index in [4.69, 9.17) is 10.8 Å². The Kier molecular flexibility index (Phi) is 8.08. The number of carboxylic acids is 1. The number of amides is 2. The van der Waals surface area contributed by atoms with E-state index in [1.54, 1.807) is 27.7 Å². The summed E-state index contributed by atoms with van der Waals surface area (Å²) in [7, 11) is 0. The third kappa shape index (κ3) is 6.01. The Hall–Kier alpha value is -1.63. The molecule has 0 aromatic carbocycles. The first kappa shape index (κ1) is 20.4. The zero-order valence-corrected chi connectivity index (χ0v) is 14.2. The molecule has 0 aliphatic heterocycles. The summed E-state index contributed by atoms with van der Waals surface area (Å²) in [5.41, 5.74) is 5.77. The highest BCUT2D eigenvalue weighted by Crippen LogP contribution is 2.08. The van der Waals surface area contributed by atoms with Gasteiger partial charge in [-0.2, -0.15) is 0 Å². The summed E-state index contributed by atoms with van der Waals surface area (Å²) in [6.45, 7) is 10.6. The van der Waals surface area contributed by atoms with Crippen molar-refractivity contribution < 1.29 is 19.5 Å². The topological polar surface area (TPSA) is 122 Å². The molecular weight excluding hydrogens is 286 g/mol. The van der Waals surface area contributed by atoms with Gasteiger partial charge < -0.3 is 21.5 Å². The van der Waals surface area contributed by atoms with E-state index in [9.17, 15) is 14.4 Å². The van der Waals surface area contributed by atoms with E-state index in [0.717, 1.165) is 0 Å². The minimum atomic E-state index is -1.10. The van der Waals surface area contributed by atoms with Crippen LogP contribution in [0.25, 0.3) is 0 Å². The molecule has 0 unspecified atom stereocenters. The molecule has 7 nitrogen and oxygen atoms in total. The molecule has 0 aromatic heterocycles. The van der Waals surface area contributed by atoms with Crippen molar-refractivity contribution in [1.82, 2.24) is 10.6 Å². The Labute approximate surface area is 132 Å². The number of hydrogen-bond acceptors (Lipinski definition) is 4. The maximum atomic E-state index is 12.3. The highest BCUT2D eigenvalue weighted by molar-refractivity contribution is 5.92. The number of aliphatic carboxylic acids is 1. The molecule has 5 N–H and O–H groups in total. The zero-order valence-electron chi connectivity index (χ0n) is 14.2. The van der Waals surface area contributed by atoms with E-state index in [-0.39, 0.29) is 17.8 Å². The average molecular weight is 315 g/mol. The summed E-state index contributed by atoms with van der Waals surface area (Å²) in [6.07, 6.45) is 0. The predicted molar refractivity (Wildman–Crippen MR) is 84.0 cm³/mol. The van der Waals surface area contributed by atoms with Gasteiger partial charge in [0.25, 0.3) is 0 Å². The first-order valence-electron chi connectivity index (χ1n) is 7.58. The molecule has 0 aromatic rings. The van der Waals surface area contributed by atoms with Crippen LogP contribution in [0.2, 0.25) is 0 Å². The molecule has 0 heterocycles. The quantitative estimate of drug-likeness (QED) is 0.514. The lowest BCUT2D eigenvalue weighted by atomic mass is 9.98. The van der Waals surface area contributed by atoms with E-state index in [0.29, 0.717) is 0 Å². The van der Waals surface area contributed by atoms with Crippen LogP contribution in [0.4, 0.5) is 0 Å². The van der Waals surface area contributed by atoms with Gasteiger partial charge in [-0.1, -0.05) is 41.5 Å². The van der Waals surface area contributed by atoms with Gasteiger partial charge >= 0.3 is 5.97 Å². The Bertz CT molecular complexity index is 408. The summed E-state index contributed by atoms with van der Waals surface area (Å²) in [6, 6.07) is -2.53. The molecule has 0 bridgehead atoms. The van der Waals surface area contributed by atoms with Gasteiger partial charge in [0.1, 0.15) is 12.1 Å². The van der Waals surface area contributed by atoms with E-state index in [1.807, 2.05) is 13.8 Å². The Morgan fingerprint density at radius 2 is 1.18 bits per heavy atom.